The van der Waals surface area contributed by atoms with Gasteiger partial charge in [0.2, 0.25) is 0 Å². The third-order valence-electron chi connectivity index (χ3n) is 3.69. The predicted molar refractivity (Wildman–Crippen MR) is 102 cm³/mol. The monoisotopic (exact) mass is 366 g/mol. The van der Waals surface area contributed by atoms with E-state index in [0.29, 0.717) is 31.1 Å². The molecule has 0 amide bonds. The van der Waals surface area contributed by atoms with Crippen LogP contribution in [0.4, 0.5) is 0 Å². The molecule has 0 aromatic rings. The molecule has 2 unspecified atom stereocenters. The Labute approximate surface area is 152 Å². The molecule has 2 atom stereocenters. The zero-order valence-electron chi connectivity index (χ0n) is 14.8. The molecular weight excluding hydrogens is 332 g/mol. The molecule has 6 heteroatoms. The van der Waals surface area contributed by atoms with Gasteiger partial charge in [-0.15, -0.1) is 0 Å². The van der Waals surface area contributed by atoms with Crippen molar-refractivity contribution < 1.29 is 19.4 Å². The lowest BCUT2D eigenvalue weighted by Gasteiger charge is -2.25. The van der Waals surface area contributed by atoms with E-state index < -0.39 is 0 Å². The van der Waals surface area contributed by atoms with Crippen molar-refractivity contribution in [1.29, 1.82) is 0 Å². The first-order chi connectivity index (χ1) is 10.8. The standard InChI is InChI=1S/C17H34O4S2/c1-14(8-12-20-17(2,3)10-11-18)21-16(19)7-5-4-6-15(23)9-13-22/h14-15,18,22-23H,4-13H2,1-3H3. The highest BCUT2D eigenvalue weighted by atomic mass is 32.1. The van der Waals surface area contributed by atoms with E-state index in [1.54, 1.807) is 0 Å². The van der Waals surface area contributed by atoms with E-state index >= 15 is 0 Å². The van der Waals surface area contributed by atoms with Crippen molar-refractivity contribution in [2.24, 2.45) is 0 Å². The molecule has 0 fully saturated rings. The molecule has 0 radical (unpaired) electrons. The van der Waals surface area contributed by atoms with Gasteiger partial charge in [0.1, 0.15) is 6.10 Å². The highest BCUT2D eigenvalue weighted by Crippen LogP contribution is 2.16. The van der Waals surface area contributed by atoms with Crippen molar-refractivity contribution in [2.45, 2.75) is 82.7 Å². The zero-order valence-corrected chi connectivity index (χ0v) is 16.6. The second-order valence-corrected chi connectivity index (χ2v) is 7.76. The molecule has 0 saturated heterocycles. The minimum Gasteiger partial charge on any atom is -0.463 e. The summed E-state index contributed by atoms with van der Waals surface area (Å²) in [7, 11) is 0. The second-order valence-electron chi connectivity index (χ2n) is 6.58. The number of thiol groups is 2. The minimum atomic E-state index is -0.338. The normalized spacial score (nSPS) is 14.5. The summed E-state index contributed by atoms with van der Waals surface area (Å²) in [5.41, 5.74) is -0.338. The Balaban J connectivity index is 3.69. The van der Waals surface area contributed by atoms with Crippen molar-refractivity contribution in [2.75, 3.05) is 19.0 Å². The molecule has 4 nitrogen and oxygen atoms in total. The SMILES string of the molecule is CC(CCOC(C)(C)CCO)OC(=O)CCCCC(S)CCS. The van der Waals surface area contributed by atoms with E-state index in [1.807, 2.05) is 20.8 Å². The molecule has 23 heavy (non-hydrogen) atoms. The van der Waals surface area contributed by atoms with Gasteiger partial charge in [-0.1, -0.05) is 6.42 Å². The van der Waals surface area contributed by atoms with Gasteiger partial charge < -0.3 is 14.6 Å². The van der Waals surface area contributed by atoms with Crippen LogP contribution in [-0.2, 0) is 14.3 Å². The van der Waals surface area contributed by atoms with Crippen molar-refractivity contribution >= 4 is 31.2 Å². The summed E-state index contributed by atoms with van der Waals surface area (Å²) in [6.07, 6.45) is 5.43. The summed E-state index contributed by atoms with van der Waals surface area (Å²) in [4.78, 5) is 11.8. The Kier molecular flexibility index (Phi) is 13.4. The van der Waals surface area contributed by atoms with Gasteiger partial charge in [0.05, 0.1) is 12.2 Å². The summed E-state index contributed by atoms with van der Waals surface area (Å²) < 4.78 is 11.1. The maximum Gasteiger partial charge on any atom is 0.306 e. The average Bonchev–Trinajstić information content (AvgIpc) is 2.43. The van der Waals surface area contributed by atoms with E-state index in [1.165, 1.54) is 0 Å². The largest absolute Gasteiger partial charge is 0.463 e. The summed E-state index contributed by atoms with van der Waals surface area (Å²) in [5, 5.41) is 9.32. The maximum absolute atomic E-state index is 11.8. The van der Waals surface area contributed by atoms with Crippen molar-refractivity contribution in [1.82, 2.24) is 0 Å². The number of rotatable bonds is 14. The average molecular weight is 367 g/mol. The third kappa shape index (κ3) is 14.2. The lowest BCUT2D eigenvalue weighted by Crippen LogP contribution is -2.28. The fraction of sp³-hybridized carbons (Fsp3) is 0.941. The van der Waals surface area contributed by atoms with Gasteiger partial charge in [0, 0.05) is 24.7 Å². The molecule has 0 spiro atoms. The van der Waals surface area contributed by atoms with Gasteiger partial charge in [0.15, 0.2) is 0 Å². The number of aliphatic hydroxyl groups is 1. The van der Waals surface area contributed by atoms with Crippen LogP contribution in [0.15, 0.2) is 0 Å². The third-order valence-corrected chi connectivity index (χ3v) is 4.47. The van der Waals surface area contributed by atoms with Crippen LogP contribution < -0.4 is 0 Å². The van der Waals surface area contributed by atoms with E-state index in [0.717, 1.165) is 31.4 Å². The lowest BCUT2D eigenvalue weighted by atomic mass is 10.1. The number of carbonyl (C=O) groups excluding carboxylic acids is 1. The lowest BCUT2D eigenvalue weighted by molar-refractivity contribution is -0.149. The van der Waals surface area contributed by atoms with Gasteiger partial charge >= 0.3 is 5.97 Å². The zero-order chi connectivity index (χ0) is 17.7. The molecule has 138 valence electrons. The molecule has 0 aliphatic carbocycles. The highest BCUT2D eigenvalue weighted by Gasteiger charge is 2.18. The first-order valence-corrected chi connectivity index (χ1v) is 9.69. The van der Waals surface area contributed by atoms with Gasteiger partial charge in [-0.05, 0) is 52.2 Å². The van der Waals surface area contributed by atoms with Crippen LogP contribution in [0.5, 0.6) is 0 Å². The van der Waals surface area contributed by atoms with Crippen LogP contribution in [0.25, 0.3) is 0 Å². The first-order valence-electron chi connectivity index (χ1n) is 8.54. The number of unbranched alkanes of at least 4 members (excludes halogenated alkanes) is 1. The van der Waals surface area contributed by atoms with Crippen molar-refractivity contribution in [3.8, 4) is 0 Å². The Bertz CT molecular complexity index is 311. The number of ether oxygens (including phenoxy) is 2. The van der Waals surface area contributed by atoms with E-state index in [4.69, 9.17) is 14.6 Å². The van der Waals surface area contributed by atoms with Crippen LogP contribution in [-0.4, -0.2) is 47.0 Å². The van der Waals surface area contributed by atoms with Gasteiger partial charge in [-0.3, -0.25) is 4.79 Å². The molecular formula is C17H34O4S2. The fourth-order valence-electron chi connectivity index (χ4n) is 2.13. The van der Waals surface area contributed by atoms with Crippen molar-refractivity contribution in [3.63, 3.8) is 0 Å². The van der Waals surface area contributed by atoms with Crippen LogP contribution in [0.1, 0.15) is 65.7 Å². The van der Waals surface area contributed by atoms with Crippen LogP contribution in [0.2, 0.25) is 0 Å². The number of aliphatic hydroxyl groups excluding tert-OH is 1. The van der Waals surface area contributed by atoms with Crippen LogP contribution in [0, 0.1) is 0 Å². The van der Waals surface area contributed by atoms with Crippen LogP contribution >= 0.6 is 25.3 Å². The smallest absolute Gasteiger partial charge is 0.306 e. The van der Waals surface area contributed by atoms with Crippen molar-refractivity contribution in [3.05, 3.63) is 0 Å². The number of esters is 1. The minimum absolute atomic E-state index is 0.110. The second kappa shape index (κ2) is 13.4. The molecule has 0 rings (SSSR count). The molecule has 0 aliphatic heterocycles. The van der Waals surface area contributed by atoms with E-state index in [9.17, 15) is 4.79 Å². The Morgan fingerprint density at radius 3 is 2.52 bits per heavy atom. The molecule has 0 saturated carbocycles. The topological polar surface area (TPSA) is 55.8 Å². The molecule has 0 bridgehead atoms. The van der Waals surface area contributed by atoms with Gasteiger partial charge in [-0.2, -0.15) is 25.3 Å². The Morgan fingerprint density at radius 2 is 1.91 bits per heavy atom. The van der Waals surface area contributed by atoms with E-state index in [-0.39, 0.29) is 24.3 Å². The first kappa shape index (κ1) is 23.1. The van der Waals surface area contributed by atoms with Gasteiger partial charge in [-0.25, -0.2) is 0 Å². The van der Waals surface area contributed by atoms with E-state index in [2.05, 4.69) is 25.3 Å². The molecule has 0 aliphatic rings. The Hall–Kier alpha value is 0.0900. The summed E-state index contributed by atoms with van der Waals surface area (Å²) in [6.45, 7) is 6.41. The quantitative estimate of drug-likeness (QED) is 0.249. The summed E-state index contributed by atoms with van der Waals surface area (Å²) in [5.74, 6) is 0.710. The summed E-state index contributed by atoms with van der Waals surface area (Å²) >= 11 is 8.66. The molecule has 0 heterocycles. The number of hydrogen-bond donors (Lipinski definition) is 3. The van der Waals surface area contributed by atoms with Gasteiger partial charge in [0.25, 0.3) is 0 Å². The Morgan fingerprint density at radius 1 is 1.22 bits per heavy atom. The predicted octanol–water partition coefficient (Wildman–Crippen LogP) is 3.66. The number of carbonyl (C=O) groups is 1. The number of hydrogen-bond acceptors (Lipinski definition) is 6. The molecule has 0 aromatic carbocycles. The molecule has 0 aromatic heterocycles. The highest BCUT2D eigenvalue weighted by molar-refractivity contribution is 7.81. The fourth-order valence-corrected chi connectivity index (χ4v) is 2.95. The maximum atomic E-state index is 11.8. The van der Waals surface area contributed by atoms with Crippen LogP contribution in [0.3, 0.4) is 0 Å². The molecule has 1 N–H and O–H groups in total. The summed E-state index contributed by atoms with van der Waals surface area (Å²) in [6, 6.07) is 0.